The predicted molar refractivity (Wildman–Crippen MR) is 173 cm³/mol. The number of ether oxygens (including phenoxy) is 2. The maximum atomic E-state index is 12.4. The van der Waals surface area contributed by atoms with Gasteiger partial charge in [0.25, 0.3) is 0 Å². The average Bonchev–Trinajstić information content (AvgIpc) is 3.44. The van der Waals surface area contributed by atoms with E-state index in [9.17, 15) is 4.79 Å². The van der Waals surface area contributed by atoms with Gasteiger partial charge in [0.15, 0.2) is 0 Å². The molecule has 0 bridgehead atoms. The molecule has 1 aromatic rings. The smallest absolute Gasteiger partial charge is 0.340 e. The van der Waals surface area contributed by atoms with E-state index in [2.05, 4.69) is 72.6 Å². The third kappa shape index (κ3) is 6.22. The summed E-state index contributed by atoms with van der Waals surface area (Å²) in [5.41, 5.74) is 3.13. The maximum Gasteiger partial charge on any atom is 0.340 e. The Bertz CT molecular complexity index is 1080. The second kappa shape index (κ2) is 12.8. The SMILES string of the molecule is CC(C)CCC[C@@H](C)[C@H]1CC[C@H]2[C@@H]3CC=C4C[C@@H](OCCOC(=O)c5cc(Br)sc5Br)CC[C@]4(C)[C@H]3CC[C@]12C. The molecule has 0 aromatic carbocycles. The Morgan fingerprint density at radius 3 is 2.58 bits per heavy atom. The standard InChI is InChI=1S/C34H50Br2O3S/c1-21(2)7-6-8-22(3)27-11-12-28-25-10-9-23-19-24(13-15-33(23,4)29(25)14-16-34(27,28)5)38-17-18-39-32(37)26-20-30(35)40-31(26)36/h9,20-22,24-25,27-29H,6-8,10-19H2,1-5H3/t22-,24+,25+,27-,28+,29+,33+,34-/m1/s1. The van der Waals surface area contributed by atoms with Gasteiger partial charge in [0.05, 0.1) is 25.8 Å². The molecule has 3 nitrogen and oxygen atoms in total. The Morgan fingerprint density at radius 2 is 1.85 bits per heavy atom. The summed E-state index contributed by atoms with van der Waals surface area (Å²) in [6.07, 6.45) is 17.5. The first kappa shape index (κ1) is 31.3. The highest BCUT2D eigenvalue weighted by Gasteiger charge is 2.59. The Balaban J connectivity index is 1.15. The van der Waals surface area contributed by atoms with E-state index in [1.54, 1.807) is 11.6 Å². The first-order valence-corrected chi connectivity index (χ1v) is 18.4. The number of thiophene rings is 1. The maximum absolute atomic E-state index is 12.4. The second-order valence-electron chi connectivity index (χ2n) is 14.4. The largest absolute Gasteiger partial charge is 0.460 e. The van der Waals surface area contributed by atoms with Gasteiger partial charge in [-0.25, -0.2) is 4.79 Å². The van der Waals surface area contributed by atoms with E-state index in [0.29, 0.717) is 29.6 Å². The molecule has 1 heterocycles. The quantitative estimate of drug-likeness (QED) is 0.139. The van der Waals surface area contributed by atoms with Crippen LogP contribution in [0.5, 0.6) is 0 Å². The fourth-order valence-electron chi connectivity index (χ4n) is 9.70. The number of rotatable bonds is 10. The lowest BCUT2D eigenvalue weighted by molar-refractivity contribution is -0.0664. The molecule has 0 N–H and O–H groups in total. The molecule has 0 amide bonds. The van der Waals surface area contributed by atoms with Gasteiger partial charge in [-0.05, 0) is 136 Å². The van der Waals surface area contributed by atoms with Crippen LogP contribution in [-0.2, 0) is 9.47 Å². The van der Waals surface area contributed by atoms with Crippen molar-refractivity contribution < 1.29 is 14.3 Å². The Morgan fingerprint density at radius 1 is 1.05 bits per heavy atom. The summed E-state index contributed by atoms with van der Waals surface area (Å²) in [5.74, 6) is 4.95. The highest BCUT2D eigenvalue weighted by atomic mass is 79.9. The van der Waals surface area contributed by atoms with Crippen LogP contribution in [0.25, 0.3) is 0 Å². The zero-order valence-corrected chi connectivity index (χ0v) is 29.3. The van der Waals surface area contributed by atoms with Crippen molar-refractivity contribution in [2.24, 2.45) is 46.3 Å². The van der Waals surface area contributed by atoms with E-state index >= 15 is 0 Å². The lowest BCUT2D eigenvalue weighted by Crippen LogP contribution is -2.51. The van der Waals surface area contributed by atoms with Gasteiger partial charge in [0.2, 0.25) is 0 Å². The minimum absolute atomic E-state index is 0.244. The number of hydrogen-bond acceptors (Lipinski definition) is 4. The summed E-state index contributed by atoms with van der Waals surface area (Å²) < 4.78 is 13.5. The average molecular weight is 699 g/mol. The van der Waals surface area contributed by atoms with Crippen LogP contribution < -0.4 is 0 Å². The molecule has 6 heteroatoms. The van der Waals surface area contributed by atoms with Gasteiger partial charge in [-0.1, -0.05) is 65.5 Å². The van der Waals surface area contributed by atoms with Crippen LogP contribution >= 0.6 is 43.2 Å². The number of fused-ring (bicyclic) bond motifs is 5. The minimum atomic E-state index is -0.293. The first-order valence-electron chi connectivity index (χ1n) is 16.0. The minimum Gasteiger partial charge on any atom is -0.460 e. The highest BCUT2D eigenvalue weighted by Crippen LogP contribution is 2.67. The van der Waals surface area contributed by atoms with Gasteiger partial charge in [0, 0.05) is 0 Å². The Hall–Kier alpha value is -0.170. The van der Waals surface area contributed by atoms with Gasteiger partial charge < -0.3 is 9.47 Å². The van der Waals surface area contributed by atoms with Crippen molar-refractivity contribution in [2.45, 2.75) is 111 Å². The molecule has 0 spiro atoms. The van der Waals surface area contributed by atoms with Crippen LogP contribution in [0.1, 0.15) is 116 Å². The fourth-order valence-corrected chi connectivity index (χ4v) is 12.5. The second-order valence-corrected chi connectivity index (χ2v) is 18.1. The topological polar surface area (TPSA) is 35.5 Å². The summed E-state index contributed by atoms with van der Waals surface area (Å²) in [4.78, 5) is 12.4. The Labute approximate surface area is 263 Å². The number of carbonyl (C=O) groups excluding carboxylic acids is 1. The molecule has 0 unspecified atom stereocenters. The van der Waals surface area contributed by atoms with Crippen molar-refractivity contribution in [2.75, 3.05) is 13.2 Å². The monoisotopic (exact) mass is 696 g/mol. The number of carbonyl (C=O) groups is 1. The summed E-state index contributed by atoms with van der Waals surface area (Å²) in [7, 11) is 0. The highest BCUT2D eigenvalue weighted by molar-refractivity contribution is 9.12. The van der Waals surface area contributed by atoms with Crippen molar-refractivity contribution in [1.29, 1.82) is 0 Å². The molecule has 4 aliphatic rings. The van der Waals surface area contributed by atoms with Gasteiger partial charge in [-0.3, -0.25) is 0 Å². The van der Waals surface area contributed by atoms with Crippen LogP contribution in [0.4, 0.5) is 0 Å². The third-order valence-electron chi connectivity index (χ3n) is 11.8. The molecule has 5 rings (SSSR count). The number of halogens is 2. The van der Waals surface area contributed by atoms with Gasteiger partial charge in [-0.2, -0.15) is 0 Å². The van der Waals surface area contributed by atoms with Gasteiger partial charge >= 0.3 is 5.97 Å². The molecule has 224 valence electrons. The fraction of sp³-hybridized carbons (Fsp3) is 0.794. The predicted octanol–water partition coefficient (Wildman–Crippen LogP) is 10.9. The van der Waals surface area contributed by atoms with Crippen molar-refractivity contribution in [3.05, 3.63) is 30.9 Å². The summed E-state index contributed by atoms with van der Waals surface area (Å²) in [6.45, 7) is 13.4. The molecule has 3 fully saturated rings. The number of allylic oxidation sites excluding steroid dienone is 1. The van der Waals surface area contributed by atoms with E-state index in [1.165, 1.54) is 69.1 Å². The van der Waals surface area contributed by atoms with E-state index in [-0.39, 0.29) is 12.1 Å². The van der Waals surface area contributed by atoms with Crippen molar-refractivity contribution in [1.82, 2.24) is 0 Å². The van der Waals surface area contributed by atoms with E-state index in [1.807, 2.05) is 0 Å². The number of esters is 1. The van der Waals surface area contributed by atoms with Crippen molar-refractivity contribution in [3.8, 4) is 0 Å². The van der Waals surface area contributed by atoms with Crippen LogP contribution in [0.2, 0.25) is 0 Å². The zero-order chi connectivity index (χ0) is 28.7. The molecule has 8 atom stereocenters. The van der Waals surface area contributed by atoms with Crippen molar-refractivity contribution in [3.63, 3.8) is 0 Å². The molecule has 0 radical (unpaired) electrons. The third-order valence-corrected chi connectivity index (χ3v) is 14.1. The van der Waals surface area contributed by atoms with Crippen LogP contribution in [0.3, 0.4) is 0 Å². The molecular formula is C34H50Br2O3S. The molecule has 0 saturated heterocycles. The lowest BCUT2D eigenvalue weighted by atomic mass is 9.47. The van der Waals surface area contributed by atoms with Crippen molar-refractivity contribution >= 4 is 49.2 Å². The normalized spacial score (nSPS) is 36.0. The summed E-state index contributed by atoms with van der Waals surface area (Å²) in [6, 6.07) is 1.80. The summed E-state index contributed by atoms with van der Waals surface area (Å²) in [5, 5.41) is 0. The van der Waals surface area contributed by atoms with Crippen LogP contribution in [0.15, 0.2) is 25.3 Å². The van der Waals surface area contributed by atoms with Crippen LogP contribution in [-0.4, -0.2) is 25.3 Å². The first-order chi connectivity index (χ1) is 19.0. The molecular weight excluding hydrogens is 648 g/mol. The molecule has 1 aromatic heterocycles. The van der Waals surface area contributed by atoms with E-state index < -0.39 is 0 Å². The zero-order valence-electron chi connectivity index (χ0n) is 25.3. The molecule has 4 aliphatic carbocycles. The Kier molecular flexibility index (Phi) is 10.0. The summed E-state index contributed by atoms with van der Waals surface area (Å²) >= 11 is 8.35. The van der Waals surface area contributed by atoms with Gasteiger partial charge in [0.1, 0.15) is 6.61 Å². The molecule has 0 aliphatic heterocycles. The molecule has 40 heavy (non-hydrogen) atoms. The van der Waals surface area contributed by atoms with E-state index in [0.717, 1.165) is 55.9 Å². The lowest BCUT2D eigenvalue weighted by Gasteiger charge is -2.58. The van der Waals surface area contributed by atoms with Gasteiger partial charge in [-0.15, -0.1) is 11.3 Å². The van der Waals surface area contributed by atoms with E-state index in [4.69, 9.17) is 9.47 Å². The number of hydrogen-bond donors (Lipinski definition) is 0. The van der Waals surface area contributed by atoms with Crippen LogP contribution in [0, 0.1) is 46.3 Å². The molecule has 3 saturated carbocycles.